The molecule has 0 aliphatic carbocycles. The number of hydrogen-bond donors (Lipinski definition) is 1. The molecule has 0 saturated heterocycles. The lowest BCUT2D eigenvalue weighted by atomic mass is 10.2. The van der Waals surface area contributed by atoms with Gasteiger partial charge in [0.2, 0.25) is 0 Å². The number of ether oxygens (including phenoxy) is 1. The molecule has 0 bridgehead atoms. The molecule has 0 fully saturated rings. The fraction of sp³-hybridized carbons (Fsp3) is 0.118. The van der Waals surface area contributed by atoms with Crippen LogP contribution in [0, 0.1) is 15.9 Å². The maximum absolute atomic E-state index is 12.9. The van der Waals surface area contributed by atoms with Crippen LogP contribution < -0.4 is 4.74 Å². The molecule has 2 rings (SSSR count). The zero-order chi connectivity index (χ0) is 19.3. The van der Waals surface area contributed by atoms with E-state index in [0.717, 1.165) is 6.07 Å². The topological polar surface area (TPSA) is 114 Å². The van der Waals surface area contributed by atoms with Crippen molar-refractivity contribution in [1.29, 1.82) is 0 Å². The van der Waals surface area contributed by atoms with E-state index in [-0.39, 0.29) is 34.3 Å². The number of non-ortho nitro benzene ring substituents is 1. The van der Waals surface area contributed by atoms with Gasteiger partial charge in [0.15, 0.2) is 11.5 Å². The first-order valence-corrected chi connectivity index (χ1v) is 7.31. The minimum atomic E-state index is -0.643. The maximum Gasteiger partial charge on any atom is 0.275 e. The van der Waals surface area contributed by atoms with E-state index in [1.165, 1.54) is 50.2 Å². The number of nitro benzene ring substituents is 1. The van der Waals surface area contributed by atoms with Crippen LogP contribution in [0.1, 0.15) is 13.8 Å². The van der Waals surface area contributed by atoms with E-state index in [1.807, 2.05) is 0 Å². The van der Waals surface area contributed by atoms with E-state index in [1.54, 1.807) is 0 Å². The first-order valence-electron chi connectivity index (χ1n) is 7.31. The number of allylic oxidation sites excluding steroid dienone is 2. The van der Waals surface area contributed by atoms with Gasteiger partial charge in [0, 0.05) is 19.1 Å². The lowest BCUT2D eigenvalue weighted by Crippen LogP contribution is -1.96. The molecule has 0 radical (unpaired) electrons. The van der Waals surface area contributed by atoms with Gasteiger partial charge in [-0.1, -0.05) is 0 Å². The number of azo groups is 1. The van der Waals surface area contributed by atoms with Crippen LogP contribution in [0.5, 0.6) is 11.5 Å². The molecule has 0 aliphatic rings. The number of Topliss-reactive ketones (excluding diaryl/α,β-unsaturated/α-hetero) is 1. The van der Waals surface area contributed by atoms with Crippen molar-refractivity contribution in [3.8, 4) is 11.5 Å². The summed E-state index contributed by atoms with van der Waals surface area (Å²) in [4.78, 5) is 21.8. The predicted octanol–water partition coefficient (Wildman–Crippen LogP) is 4.99. The highest BCUT2D eigenvalue weighted by molar-refractivity contribution is 5.93. The maximum atomic E-state index is 12.9. The molecule has 0 spiro atoms. The van der Waals surface area contributed by atoms with Crippen LogP contribution in [0.2, 0.25) is 0 Å². The Balaban J connectivity index is 2.39. The number of hydrogen-bond acceptors (Lipinski definition) is 7. The molecule has 1 N–H and O–H groups in total. The summed E-state index contributed by atoms with van der Waals surface area (Å²) in [5.41, 5.74) is -0.540. The van der Waals surface area contributed by atoms with Crippen molar-refractivity contribution in [2.75, 3.05) is 0 Å². The highest BCUT2D eigenvalue weighted by Crippen LogP contribution is 2.31. The van der Waals surface area contributed by atoms with Crippen LogP contribution in [-0.2, 0) is 4.79 Å². The SMILES string of the molecule is CC(=O)/C(N=Nc1cc(Oc2ccc(F)cc2)cc([N+](=O)[O-])c1)=C(\C)O. The number of aliphatic hydroxyl groups excluding tert-OH is 1. The van der Waals surface area contributed by atoms with Crippen molar-refractivity contribution in [2.24, 2.45) is 10.2 Å². The quantitative estimate of drug-likeness (QED) is 0.256. The molecule has 2 aromatic carbocycles. The molecule has 0 unspecified atom stereocenters. The van der Waals surface area contributed by atoms with Crippen LogP contribution in [0.25, 0.3) is 0 Å². The van der Waals surface area contributed by atoms with Crippen molar-refractivity contribution in [1.82, 2.24) is 0 Å². The molecule has 134 valence electrons. The Morgan fingerprint density at radius 2 is 1.81 bits per heavy atom. The minimum absolute atomic E-state index is 0.0383. The van der Waals surface area contributed by atoms with Crippen LogP contribution in [0.3, 0.4) is 0 Å². The van der Waals surface area contributed by atoms with Gasteiger partial charge in [-0.2, -0.15) is 0 Å². The van der Waals surface area contributed by atoms with E-state index in [9.17, 15) is 24.4 Å². The van der Waals surface area contributed by atoms with Gasteiger partial charge in [0.05, 0.1) is 16.7 Å². The van der Waals surface area contributed by atoms with Crippen LogP contribution in [0.4, 0.5) is 15.8 Å². The van der Waals surface area contributed by atoms with Gasteiger partial charge >= 0.3 is 0 Å². The smallest absolute Gasteiger partial charge is 0.275 e. The summed E-state index contributed by atoms with van der Waals surface area (Å²) in [6.07, 6.45) is 0. The summed E-state index contributed by atoms with van der Waals surface area (Å²) < 4.78 is 18.4. The van der Waals surface area contributed by atoms with E-state index >= 15 is 0 Å². The van der Waals surface area contributed by atoms with Crippen molar-refractivity contribution in [3.05, 3.63) is 69.9 Å². The van der Waals surface area contributed by atoms with E-state index < -0.39 is 16.5 Å². The molecule has 2 aromatic rings. The summed E-state index contributed by atoms with van der Waals surface area (Å²) in [7, 11) is 0. The third kappa shape index (κ3) is 4.94. The zero-order valence-corrected chi connectivity index (χ0v) is 13.8. The largest absolute Gasteiger partial charge is 0.510 e. The fourth-order valence-corrected chi connectivity index (χ4v) is 1.93. The van der Waals surface area contributed by atoms with Gasteiger partial charge in [0.1, 0.15) is 23.1 Å². The lowest BCUT2D eigenvalue weighted by molar-refractivity contribution is -0.384. The summed E-state index contributed by atoms with van der Waals surface area (Å²) in [6, 6.07) is 8.74. The molecule has 26 heavy (non-hydrogen) atoms. The normalized spacial score (nSPS) is 12.0. The highest BCUT2D eigenvalue weighted by atomic mass is 19.1. The molecule has 0 amide bonds. The Hall–Kier alpha value is -3.62. The summed E-state index contributed by atoms with van der Waals surface area (Å²) >= 11 is 0. The second-order valence-electron chi connectivity index (χ2n) is 5.19. The van der Waals surface area contributed by atoms with Crippen LogP contribution in [-0.4, -0.2) is 15.8 Å². The summed E-state index contributed by atoms with van der Waals surface area (Å²) in [5.74, 6) is -0.940. The van der Waals surface area contributed by atoms with Crippen molar-refractivity contribution in [2.45, 2.75) is 13.8 Å². The number of rotatable bonds is 6. The number of nitro groups is 1. The highest BCUT2D eigenvalue weighted by Gasteiger charge is 2.13. The number of benzene rings is 2. The number of carbonyl (C=O) groups is 1. The van der Waals surface area contributed by atoms with E-state index in [0.29, 0.717) is 0 Å². The number of carbonyl (C=O) groups excluding carboxylic acids is 1. The molecular weight excluding hydrogens is 345 g/mol. The minimum Gasteiger partial charge on any atom is -0.510 e. The third-order valence-electron chi connectivity index (χ3n) is 3.08. The Labute approximate surface area is 147 Å². The number of aliphatic hydroxyl groups is 1. The van der Waals surface area contributed by atoms with Crippen molar-refractivity contribution in [3.63, 3.8) is 0 Å². The second kappa shape index (κ2) is 7.97. The van der Waals surface area contributed by atoms with Gasteiger partial charge < -0.3 is 9.84 Å². The Kier molecular flexibility index (Phi) is 5.74. The average molecular weight is 359 g/mol. The average Bonchev–Trinajstić information content (AvgIpc) is 2.56. The van der Waals surface area contributed by atoms with E-state index in [2.05, 4.69) is 10.2 Å². The third-order valence-corrected chi connectivity index (χ3v) is 3.08. The van der Waals surface area contributed by atoms with Gasteiger partial charge in [-0.15, -0.1) is 10.2 Å². The van der Waals surface area contributed by atoms with Crippen LogP contribution >= 0.6 is 0 Å². The molecule has 0 heterocycles. The number of ketones is 1. The van der Waals surface area contributed by atoms with Gasteiger partial charge in [-0.3, -0.25) is 14.9 Å². The molecule has 9 heteroatoms. The monoisotopic (exact) mass is 359 g/mol. The first-order chi connectivity index (χ1) is 12.3. The van der Waals surface area contributed by atoms with Gasteiger partial charge in [-0.25, -0.2) is 4.39 Å². The molecule has 0 atom stereocenters. The molecule has 0 aromatic heterocycles. The lowest BCUT2D eigenvalue weighted by Gasteiger charge is -2.06. The second-order valence-corrected chi connectivity index (χ2v) is 5.19. The van der Waals surface area contributed by atoms with Crippen LogP contribution in [0.15, 0.2) is 64.1 Å². The van der Waals surface area contributed by atoms with Gasteiger partial charge in [0.25, 0.3) is 5.69 Å². The van der Waals surface area contributed by atoms with Gasteiger partial charge in [-0.05, 0) is 31.2 Å². The predicted molar refractivity (Wildman–Crippen MR) is 90.1 cm³/mol. The molecule has 8 nitrogen and oxygen atoms in total. The van der Waals surface area contributed by atoms with E-state index in [4.69, 9.17) is 4.74 Å². The molecule has 0 saturated carbocycles. The number of halogens is 1. The molecular formula is C17H14FN3O5. The number of nitrogens with zero attached hydrogens (tertiary/aromatic N) is 3. The van der Waals surface area contributed by atoms with Crippen molar-refractivity contribution < 1.29 is 24.0 Å². The Bertz CT molecular complexity index is 903. The zero-order valence-electron chi connectivity index (χ0n) is 13.8. The first kappa shape index (κ1) is 18.7. The Morgan fingerprint density at radius 3 is 2.35 bits per heavy atom. The Morgan fingerprint density at radius 1 is 1.15 bits per heavy atom. The summed E-state index contributed by atoms with van der Waals surface area (Å²) in [6.45, 7) is 2.47. The standard InChI is InChI=1S/C17H14FN3O5/c1-10(22)17(11(2)23)20-19-13-7-14(21(24)25)9-16(8-13)26-15-5-3-12(18)4-6-15/h3-9,22H,1-2H3/b17-10-,20-19?. The molecule has 0 aliphatic heterocycles. The fourth-order valence-electron chi connectivity index (χ4n) is 1.93. The van der Waals surface area contributed by atoms with Crippen molar-refractivity contribution >= 4 is 17.2 Å². The summed E-state index contributed by atoms with van der Waals surface area (Å²) in [5, 5.41) is 27.9.